The lowest BCUT2D eigenvalue weighted by molar-refractivity contribution is 0.0708. The van der Waals surface area contributed by atoms with Crippen LogP contribution in [0.5, 0.6) is 0 Å². The van der Waals surface area contributed by atoms with E-state index >= 15 is 0 Å². The molecule has 2 aliphatic rings. The number of aromatic nitrogens is 3. The van der Waals surface area contributed by atoms with Crippen molar-refractivity contribution >= 4 is 23.1 Å². The Kier molecular flexibility index (Phi) is 5.10. The van der Waals surface area contributed by atoms with Gasteiger partial charge in [-0.15, -0.1) is 11.3 Å². The largest absolute Gasteiger partial charge is 0.373 e. The summed E-state index contributed by atoms with van der Waals surface area (Å²) in [7, 11) is 4.05. The molecule has 1 amide bonds. The minimum atomic E-state index is 0.0909. The van der Waals surface area contributed by atoms with Gasteiger partial charge in [-0.2, -0.15) is 0 Å². The molecule has 0 radical (unpaired) electrons. The number of fused-ring (bicyclic) bond motifs is 1. The van der Waals surface area contributed by atoms with Crippen molar-refractivity contribution in [2.45, 2.75) is 38.6 Å². The van der Waals surface area contributed by atoms with Gasteiger partial charge in [0.05, 0.1) is 16.9 Å². The van der Waals surface area contributed by atoms with Crippen LogP contribution in [0.3, 0.4) is 0 Å². The van der Waals surface area contributed by atoms with Crippen molar-refractivity contribution in [3.8, 4) is 0 Å². The van der Waals surface area contributed by atoms with Gasteiger partial charge < -0.3 is 15.1 Å². The summed E-state index contributed by atoms with van der Waals surface area (Å²) in [6, 6.07) is 0. The number of likely N-dealkylation sites (tertiary alicyclic amines) is 1. The molecule has 1 fully saturated rings. The van der Waals surface area contributed by atoms with Gasteiger partial charge in [0.1, 0.15) is 16.5 Å². The van der Waals surface area contributed by atoms with Crippen molar-refractivity contribution in [2.24, 2.45) is 0 Å². The lowest BCUT2D eigenvalue weighted by Gasteiger charge is -2.33. The highest BCUT2D eigenvalue weighted by molar-refractivity contribution is 7.11. The molecule has 8 heteroatoms. The molecule has 0 saturated carbocycles. The van der Waals surface area contributed by atoms with Crippen molar-refractivity contribution in [1.82, 2.24) is 24.8 Å². The van der Waals surface area contributed by atoms with Crippen molar-refractivity contribution in [2.75, 3.05) is 39.0 Å². The number of amides is 1. The van der Waals surface area contributed by atoms with Gasteiger partial charge in [-0.25, -0.2) is 15.0 Å². The molecule has 2 aromatic rings. The number of carbonyl (C=O) groups is 1. The summed E-state index contributed by atoms with van der Waals surface area (Å²) in [4.78, 5) is 31.9. The first-order valence-electron chi connectivity index (χ1n) is 9.52. The predicted octanol–water partition coefficient (Wildman–Crippen LogP) is 2.29. The summed E-state index contributed by atoms with van der Waals surface area (Å²) in [6.45, 7) is 5.27. The van der Waals surface area contributed by atoms with Crippen LogP contribution in [-0.4, -0.2) is 64.4 Å². The van der Waals surface area contributed by atoms with E-state index in [4.69, 9.17) is 9.97 Å². The second-order valence-electron chi connectivity index (χ2n) is 7.45. The Morgan fingerprint density at radius 1 is 1.33 bits per heavy atom. The summed E-state index contributed by atoms with van der Waals surface area (Å²) >= 11 is 1.42. The zero-order valence-corrected chi connectivity index (χ0v) is 17.0. The number of anilines is 1. The number of carbonyl (C=O) groups excluding carboxylic acids is 1. The van der Waals surface area contributed by atoms with Gasteiger partial charge in [-0.1, -0.05) is 0 Å². The number of hydrogen-bond acceptors (Lipinski definition) is 7. The van der Waals surface area contributed by atoms with Gasteiger partial charge >= 0.3 is 0 Å². The van der Waals surface area contributed by atoms with Crippen LogP contribution in [0.4, 0.5) is 5.82 Å². The lowest BCUT2D eigenvalue weighted by Crippen LogP contribution is -2.39. The second-order valence-corrected chi connectivity index (χ2v) is 8.31. The van der Waals surface area contributed by atoms with E-state index in [1.54, 1.807) is 5.51 Å². The zero-order chi connectivity index (χ0) is 19.0. The summed E-state index contributed by atoms with van der Waals surface area (Å²) in [6.07, 6.45) is 2.95. The third-order valence-electron chi connectivity index (χ3n) is 5.52. The van der Waals surface area contributed by atoms with E-state index in [9.17, 15) is 4.79 Å². The highest BCUT2D eigenvalue weighted by Gasteiger charge is 2.30. The number of thiazole rings is 1. The van der Waals surface area contributed by atoms with Gasteiger partial charge in [-0.3, -0.25) is 4.79 Å². The van der Waals surface area contributed by atoms with Crippen LogP contribution in [-0.2, 0) is 13.0 Å². The van der Waals surface area contributed by atoms with E-state index in [-0.39, 0.29) is 11.8 Å². The van der Waals surface area contributed by atoms with Gasteiger partial charge in [0, 0.05) is 51.1 Å². The minimum Gasteiger partial charge on any atom is -0.373 e. The molecule has 1 saturated heterocycles. The first-order chi connectivity index (χ1) is 13.1. The van der Waals surface area contributed by atoms with Crippen molar-refractivity contribution in [1.29, 1.82) is 0 Å². The maximum absolute atomic E-state index is 12.9. The van der Waals surface area contributed by atoms with Crippen LogP contribution in [0.15, 0.2) is 5.51 Å². The Labute approximate surface area is 163 Å². The van der Waals surface area contributed by atoms with Gasteiger partial charge in [-0.05, 0) is 26.8 Å². The highest BCUT2D eigenvalue weighted by atomic mass is 32.1. The van der Waals surface area contributed by atoms with E-state index < -0.39 is 0 Å². The second kappa shape index (κ2) is 7.52. The van der Waals surface area contributed by atoms with Crippen molar-refractivity contribution < 1.29 is 4.79 Å². The summed E-state index contributed by atoms with van der Waals surface area (Å²) in [5.41, 5.74) is 4.93. The number of hydrogen-bond donors (Lipinski definition) is 1. The standard InChI is InChI=1S/C19H26N6OS/c1-12-16(27-11-21-12)19(26)25-7-4-5-13(9-25)17-22-15-6-8-24(3)10-14(15)18(20-2)23-17/h11,13H,4-10H2,1-3H3,(H,20,22,23)/t13-/m0/s1. The molecule has 0 unspecified atom stereocenters. The number of piperidine rings is 1. The Morgan fingerprint density at radius 2 is 2.19 bits per heavy atom. The summed E-state index contributed by atoms with van der Waals surface area (Å²) < 4.78 is 0. The van der Waals surface area contributed by atoms with E-state index in [1.165, 1.54) is 16.9 Å². The molecule has 0 bridgehead atoms. The van der Waals surface area contributed by atoms with Gasteiger partial charge in [0.2, 0.25) is 0 Å². The monoisotopic (exact) mass is 386 g/mol. The van der Waals surface area contributed by atoms with E-state index in [1.807, 2.05) is 18.9 Å². The fourth-order valence-electron chi connectivity index (χ4n) is 3.98. The maximum Gasteiger partial charge on any atom is 0.265 e. The van der Waals surface area contributed by atoms with Gasteiger partial charge in [0.15, 0.2) is 0 Å². The molecular formula is C19H26N6OS. The molecule has 7 nitrogen and oxygen atoms in total. The number of nitrogens with one attached hydrogen (secondary N) is 1. The Bertz CT molecular complexity index is 833. The van der Waals surface area contributed by atoms with Crippen LogP contribution < -0.4 is 5.32 Å². The lowest BCUT2D eigenvalue weighted by atomic mass is 9.96. The van der Waals surface area contributed by atoms with Crippen molar-refractivity contribution in [3.05, 3.63) is 33.2 Å². The molecule has 2 aliphatic heterocycles. The molecule has 4 heterocycles. The number of aryl methyl sites for hydroxylation is 1. The first kappa shape index (κ1) is 18.3. The molecule has 4 rings (SSSR count). The smallest absolute Gasteiger partial charge is 0.265 e. The molecule has 0 aromatic carbocycles. The van der Waals surface area contributed by atoms with E-state index in [2.05, 4.69) is 22.2 Å². The molecule has 0 aliphatic carbocycles. The van der Waals surface area contributed by atoms with Crippen LogP contribution in [0.25, 0.3) is 0 Å². The SMILES string of the molecule is CNc1nc([C@H]2CCCN(C(=O)c3scnc3C)C2)nc2c1CN(C)CC2. The number of rotatable bonds is 3. The molecular weight excluding hydrogens is 360 g/mol. The molecule has 2 aromatic heterocycles. The average Bonchev–Trinajstić information content (AvgIpc) is 3.12. The fraction of sp³-hybridized carbons (Fsp3) is 0.579. The fourth-order valence-corrected chi connectivity index (χ4v) is 4.75. The average molecular weight is 387 g/mol. The van der Waals surface area contributed by atoms with Crippen LogP contribution in [0.2, 0.25) is 0 Å². The minimum absolute atomic E-state index is 0.0909. The number of nitrogens with zero attached hydrogens (tertiary/aromatic N) is 5. The van der Waals surface area contributed by atoms with Gasteiger partial charge in [0.25, 0.3) is 5.91 Å². The maximum atomic E-state index is 12.9. The summed E-state index contributed by atoms with van der Waals surface area (Å²) in [5, 5.41) is 3.25. The number of likely N-dealkylation sites (N-methyl/N-ethyl adjacent to an activating group) is 1. The quantitative estimate of drug-likeness (QED) is 0.872. The van der Waals surface area contributed by atoms with E-state index in [0.29, 0.717) is 6.54 Å². The molecule has 1 atom stereocenters. The topological polar surface area (TPSA) is 74.2 Å². The van der Waals surface area contributed by atoms with Crippen LogP contribution in [0.1, 0.15) is 51.2 Å². The van der Waals surface area contributed by atoms with Crippen LogP contribution in [0, 0.1) is 6.92 Å². The Morgan fingerprint density at radius 3 is 2.93 bits per heavy atom. The third kappa shape index (κ3) is 3.55. The summed E-state index contributed by atoms with van der Waals surface area (Å²) in [5.74, 6) is 2.09. The predicted molar refractivity (Wildman–Crippen MR) is 106 cm³/mol. The third-order valence-corrected chi connectivity index (χ3v) is 6.44. The normalized spacial score (nSPS) is 20.4. The highest BCUT2D eigenvalue weighted by Crippen LogP contribution is 2.30. The van der Waals surface area contributed by atoms with Crippen LogP contribution >= 0.6 is 11.3 Å². The Balaban J connectivity index is 1.58. The first-order valence-corrected chi connectivity index (χ1v) is 10.4. The molecule has 1 N–H and O–H groups in total. The van der Waals surface area contributed by atoms with E-state index in [0.717, 1.165) is 66.8 Å². The molecule has 27 heavy (non-hydrogen) atoms. The molecule has 0 spiro atoms. The van der Waals surface area contributed by atoms with Crippen molar-refractivity contribution in [3.63, 3.8) is 0 Å². The Hall–Kier alpha value is -2.06. The zero-order valence-electron chi connectivity index (χ0n) is 16.2. The molecule has 144 valence electrons.